The molecular weight excluding hydrogens is 342 g/mol. The summed E-state index contributed by atoms with van der Waals surface area (Å²) in [7, 11) is 0. The number of nitrogens with zero attached hydrogens (tertiary/aromatic N) is 1. The molecule has 136 valence electrons. The van der Waals surface area contributed by atoms with Gasteiger partial charge in [0.05, 0.1) is 17.1 Å². The number of aromatic amines is 1. The summed E-state index contributed by atoms with van der Waals surface area (Å²) in [5.41, 5.74) is 3.12. The monoisotopic (exact) mass is 367 g/mol. The number of amides is 1. The van der Waals surface area contributed by atoms with Crippen molar-refractivity contribution in [3.05, 3.63) is 66.0 Å². The second-order valence-electron chi connectivity index (χ2n) is 6.56. The minimum absolute atomic E-state index is 0.0629. The van der Waals surface area contributed by atoms with Crippen molar-refractivity contribution in [3.63, 3.8) is 0 Å². The van der Waals surface area contributed by atoms with Gasteiger partial charge in [-0.1, -0.05) is 49.4 Å². The lowest BCUT2D eigenvalue weighted by Gasteiger charge is -2.18. The molecule has 3 rings (SSSR count). The molecule has 5 heteroatoms. The van der Waals surface area contributed by atoms with E-state index in [-0.39, 0.29) is 17.9 Å². The first-order valence-corrected chi connectivity index (χ1v) is 10.3. The van der Waals surface area contributed by atoms with Crippen LogP contribution < -0.4 is 5.32 Å². The number of para-hydroxylation sites is 2. The third kappa shape index (κ3) is 4.67. The van der Waals surface area contributed by atoms with Gasteiger partial charge in [0.1, 0.15) is 5.82 Å². The molecule has 2 N–H and O–H groups in total. The standard InChI is InChI=1S/C21H25N3OS/c1-15(16-8-4-3-5-9-16)14-20(25)22-19(12-13-26-2)21-23-17-10-6-7-11-18(17)24-21/h3-11,15,19H,12-14H2,1-2H3,(H,22,25)(H,23,24). The maximum atomic E-state index is 12.6. The van der Waals surface area contributed by atoms with Crippen molar-refractivity contribution in [1.82, 2.24) is 15.3 Å². The van der Waals surface area contributed by atoms with E-state index in [1.54, 1.807) is 11.8 Å². The lowest BCUT2D eigenvalue weighted by Crippen LogP contribution is -2.30. The van der Waals surface area contributed by atoms with Crippen LogP contribution in [0, 0.1) is 0 Å². The van der Waals surface area contributed by atoms with Crippen LogP contribution in [0.25, 0.3) is 11.0 Å². The van der Waals surface area contributed by atoms with E-state index in [1.807, 2.05) is 42.5 Å². The number of aromatic nitrogens is 2. The fourth-order valence-corrected chi connectivity index (χ4v) is 3.55. The van der Waals surface area contributed by atoms with Crippen LogP contribution in [0.1, 0.15) is 43.1 Å². The van der Waals surface area contributed by atoms with Crippen LogP contribution >= 0.6 is 11.8 Å². The summed E-state index contributed by atoms with van der Waals surface area (Å²) in [6.45, 7) is 2.09. The average Bonchev–Trinajstić information content (AvgIpc) is 3.09. The number of hydrogen-bond donors (Lipinski definition) is 2. The number of hydrogen-bond acceptors (Lipinski definition) is 3. The molecule has 1 amide bonds. The Bertz CT molecular complexity index is 814. The van der Waals surface area contributed by atoms with Crippen molar-refractivity contribution in [1.29, 1.82) is 0 Å². The molecule has 0 aliphatic rings. The van der Waals surface area contributed by atoms with Gasteiger partial charge >= 0.3 is 0 Å². The topological polar surface area (TPSA) is 57.8 Å². The highest BCUT2D eigenvalue weighted by Crippen LogP contribution is 2.22. The van der Waals surface area contributed by atoms with Crippen molar-refractivity contribution in [2.75, 3.05) is 12.0 Å². The Morgan fingerprint density at radius 3 is 2.62 bits per heavy atom. The summed E-state index contributed by atoms with van der Waals surface area (Å²) in [6.07, 6.45) is 3.40. The molecule has 2 unspecified atom stereocenters. The molecule has 0 saturated carbocycles. The highest BCUT2D eigenvalue weighted by atomic mass is 32.2. The lowest BCUT2D eigenvalue weighted by atomic mass is 9.97. The summed E-state index contributed by atoms with van der Waals surface area (Å²) >= 11 is 1.78. The average molecular weight is 368 g/mol. The molecular formula is C21H25N3OS. The third-order valence-electron chi connectivity index (χ3n) is 4.54. The maximum absolute atomic E-state index is 12.6. The molecule has 0 fully saturated rings. The van der Waals surface area contributed by atoms with E-state index in [9.17, 15) is 4.79 Å². The number of thioether (sulfide) groups is 1. The molecule has 3 aromatic rings. The molecule has 26 heavy (non-hydrogen) atoms. The first-order chi connectivity index (χ1) is 12.7. The first-order valence-electron chi connectivity index (χ1n) is 8.95. The Morgan fingerprint density at radius 1 is 1.15 bits per heavy atom. The SMILES string of the molecule is CSCCC(NC(=O)CC(C)c1ccccc1)c1nc2ccccc2[nH]1. The highest BCUT2D eigenvalue weighted by Gasteiger charge is 2.19. The highest BCUT2D eigenvalue weighted by molar-refractivity contribution is 7.98. The molecule has 0 saturated heterocycles. The second-order valence-corrected chi connectivity index (χ2v) is 7.54. The first kappa shape index (κ1) is 18.5. The largest absolute Gasteiger partial charge is 0.346 e. The third-order valence-corrected chi connectivity index (χ3v) is 5.19. The Balaban J connectivity index is 1.70. The van der Waals surface area contributed by atoms with Crippen LogP contribution in [-0.4, -0.2) is 27.9 Å². The molecule has 0 radical (unpaired) electrons. The van der Waals surface area contributed by atoms with Crippen LogP contribution in [0.2, 0.25) is 0 Å². The molecule has 0 aliphatic heterocycles. The quantitative estimate of drug-likeness (QED) is 0.608. The second kappa shape index (κ2) is 8.90. The van der Waals surface area contributed by atoms with Gasteiger partial charge in [0.2, 0.25) is 5.91 Å². The van der Waals surface area contributed by atoms with Crippen LogP contribution in [0.5, 0.6) is 0 Å². The van der Waals surface area contributed by atoms with Crippen molar-refractivity contribution in [2.24, 2.45) is 0 Å². The number of carbonyl (C=O) groups excluding carboxylic acids is 1. The van der Waals surface area contributed by atoms with Crippen molar-refractivity contribution in [3.8, 4) is 0 Å². The summed E-state index contributed by atoms with van der Waals surface area (Å²) in [5, 5.41) is 3.18. The molecule has 4 nitrogen and oxygen atoms in total. The predicted molar refractivity (Wildman–Crippen MR) is 109 cm³/mol. The van der Waals surface area contributed by atoms with E-state index in [4.69, 9.17) is 0 Å². The Labute approximate surface area is 158 Å². The fourth-order valence-electron chi connectivity index (χ4n) is 3.08. The number of nitrogens with one attached hydrogen (secondary N) is 2. The van der Waals surface area contributed by atoms with E-state index in [1.165, 1.54) is 5.56 Å². The normalized spacial score (nSPS) is 13.5. The van der Waals surface area contributed by atoms with Crippen LogP contribution in [0.3, 0.4) is 0 Å². The Morgan fingerprint density at radius 2 is 1.88 bits per heavy atom. The summed E-state index contributed by atoms with van der Waals surface area (Å²) in [6, 6.07) is 18.0. The summed E-state index contributed by atoms with van der Waals surface area (Å²) in [4.78, 5) is 20.7. The van der Waals surface area contributed by atoms with Gasteiger partial charge in [-0.2, -0.15) is 11.8 Å². The van der Waals surface area contributed by atoms with Crippen molar-refractivity contribution >= 4 is 28.7 Å². The van der Waals surface area contributed by atoms with Gasteiger partial charge in [0, 0.05) is 6.42 Å². The molecule has 0 aliphatic carbocycles. The van der Waals surface area contributed by atoms with Crippen LogP contribution in [0.4, 0.5) is 0 Å². The fraction of sp³-hybridized carbons (Fsp3) is 0.333. The van der Waals surface area contributed by atoms with Gasteiger partial charge in [0.15, 0.2) is 0 Å². The number of carbonyl (C=O) groups is 1. The van der Waals surface area contributed by atoms with Crippen molar-refractivity contribution in [2.45, 2.75) is 31.7 Å². The zero-order valence-corrected chi connectivity index (χ0v) is 16.1. The van der Waals surface area contributed by atoms with Gasteiger partial charge in [-0.15, -0.1) is 0 Å². The number of rotatable bonds is 8. The van der Waals surface area contributed by atoms with Gasteiger partial charge in [0.25, 0.3) is 0 Å². The maximum Gasteiger partial charge on any atom is 0.221 e. The molecule has 0 spiro atoms. The van der Waals surface area contributed by atoms with Gasteiger partial charge in [-0.25, -0.2) is 4.98 Å². The van der Waals surface area contributed by atoms with E-state index >= 15 is 0 Å². The Hall–Kier alpha value is -2.27. The van der Waals surface area contributed by atoms with E-state index in [0.29, 0.717) is 6.42 Å². The smallest absolute Gasteiger partial charge is 0.221 e. The zero-order chi connectivity index (χ0) is 18.4. The minimum Gasteiger partial charge on any atom is -0.346 e. The molecule has 2 atom stereocenters. The van der Waals surface area contributed by atoms with Crippen LogP contribution in [0.15, 0.2) is 54.6 Å². The molecule has 2 aromatic carbocycles. The number of fused-ring (bicyclic) bond motifs is 1. The predicted octanol–water partition coefficient (Wildman–Crippen LogP) is 4.67. The van der Waals surface area contributed by atoms with Crippen molar-refractivity contribution < 1.29 is 4.79 Å². The van der Waals surface area contributed by atoms with E-state index in [2.05, 4.69) is 40.6 Å². The van der Waals surface area contributed by atoms with Gasteiger partial charge < -0.3 is 10.3 Å². The zero-order valence-electron chi connectivity index (χ0n) is 15.2. The van der Waals surface area contributed by atoms with Gasteiger partial charge in [-0.3, -0.25) is 4.79 Å². The molecule has 0 bridgehead atoms. The van der Waals surface area contributed by atoms with Crippen LogP contribution in [-0.2, 0) is 4.79 Å². The number of H-pyrrole nitrogens is 1. The molecule has 1 aromatic heterocycles. The number of imidazole rings is 1. The minimum atomic E-state index is -0.0923. The molecule has 1 heterocycles. The summed E-state index contributed by atoms with van der Waals surface area (Å²) < 4.78 is 0. The number of benzene rings is 2. The summed E-state index contributed by atoms with van der Waals surface area (Å²) in [5.74, 6) is 2.05. The lowest BCUT2D eigenvalue weighted by molar-refractivity contribution is -0.122. The van der Waals surface area contributed by atoms with E-state index in [0.717, 1.165) is 29.0 Å². The van der Waals surface area contributed by atoms with Gasteiger partial charge in [-0.05, 0) is 42.0 Å². The van der Waals surface area contributed by atoms with E-state index < -0.39 is 0 Å². The Kier molecular flexibility index (Phi) is 6.34.